The molecule has 4 rings (SSSR count). The van der Waals surface area contributed by atoms with Gasteiger partial charge in [-0.2, -0.15) is 0 Å². The summed E-state index contributed by atoms with van der Waals surface area (Å²) < 4.78 is 19.8. The summed E-state index contributed by atoms with van der Waals surface area (Å²) in [6, 6.07) is 24.1. The molecule has 152 valence electrons. The molecule has 0 saturated carbocycles. The van der Waals surface area contributed by atoms with Crippen LogP contribution in [0.5, 0.6) is 0 Å². The molecule has 3 aromatic carbocycles. The fourth-order valence-electron chi connectivity index (χ4n) is 3.41. The first-order valence-electron chi connectivity index (χ1n) is 9.81. The molecule has 1 heterocycles. The van der Waals surface area contributed by atoms with Gasteiger partial charge in [0.05, 0.1) is 5.56 Å². The third kappa shape index (κ3) is 4.28. The van der Waals surface area contributed by atoms with Crippen molar-refractivity contribution in [2.45, 2.75) is 6.92 Å². The number of rotatable bonds is 6. The van der Waals surface area contributed by atoms with Crippen LogP contribution in [0.1, 0.15) is 28.6 Å². The van der Waals surface area contributed by atoms with E-state index in [0.717, 1.165) is 5.56 Å². The maximum absolute atomic E-state index is 13.6. The normalized spacial score (nSPS) is 11.0. The number of benzene rings is 3. The first-order valence-corrected chi connectivity index (χ1v) is 9.81. The van der Waals surface area contributed by atoms with Gasteiger partial charge in [-0.05, 0) is 36.8 Å². The fourth-order valence-corrected chi connectivity index (χ4v) is 3.41. The van der Waals surface area contributed by atoms with Crippen LogP contribution in [0.15, 0.2) is 95.4 Å². The van der Waals surface area contributed by atoms with Gasteiger partial charge in [0.2, 0.25) is 0 Å². The van der Waals surface area contributed by atoms with E-state index < -0.39 is 0 Å². The Morgan fingerprint density at radius 3 is 2.03 bits per heavy atom. The molecular weight excluding hydrogens is 391 g/mol. The van der Waals surface area contributed by atoms with Crippen molar-refractivity contribution in [1.82, 2.24) is 0 Å². The van der Waals surface area contributed by atoms with Gasteiger partial charge in [-0.15, -0.1) is 0 Å². The molecule has 0 N–H and O–H groups in total. The lowest BCUT2D eigenvalue weighted by atomic mass is 9.92. The standard InChI is InChI=1S/C27H19FO3/c1-18(29)12-17-23-24(19-13-15-22(28)16-14-19)25(26(30)20-8-4-2-5-9-20)27(31-23)21-10-6-3-7-11-21/h2-17H,1H3/b17-12+. The largest absolute Gasteiger partial charge is 0.455 e. The third-order valence-electron chi connectivity index (χ3n) is 4.84. The second-order valence-corrected chi connectivity index (χ2v) is 7.06. The highest BCUT2D eigenvalue weighted by Crippen LogP contribution is 2.40. The fraction of sp³-hybridized carbons (Fsp3) is 0.0370. The summed E-state index contributed by atoms with van der Waals surface area (Å²) in [6.45, 7) is 1.44. The summed E-state index contributed by atoms with van der Waals surface area (Å²) in [4.78, 5) is 25.2. The van der Waals surface area contributed by atoms with Crippen LogP contribution in [0.25, 0.3) is 28.5 Å². The zero-order valence-electron chi connectivity index (χ0n) is 16.8. The van der Waals surface area contributed by atoms with Crippen LogP contribution in [0, 0.1) is 5.82 Å². The van der Waals surface area contributed by atoms with E-state index in [1.165, 1.54) is 25.1 Å². The van der Waals surface area contributed by atoms with Crippen molar-refractivity contribution in [2.24, 2.45) is 0 Å². The molecule has 0 unspecified atom stereocenters. The minimum absolute atomic E-state index is 0.154. The molecule has 0 spiro atoms. The lowest BCUT2D eigenvalue weighted by Gasteiger charge is -2.07. The summed E-state index contributed by atoms with van der Waals surface area (Å²) >= 11 is 0. The van der Waals surface area contributed by atoms with Gasteiger partial charge >= 0.3 is 0 Å². The molecule has 0 radical (unpaired) electrons. The number of carbonyl (C=O) groups is 2. The van der Waals surface area contributed by atoms with Crippen LogP contribution < -0.4 is 0 Å². The number of ketones is 2. The molecule has 31 heavy (non-hydrogen) atoms. The van der Waals surface area contributed by atoms with Gasteiger partial charge in [0, 0.05) is 16.7 Å². The summed E-state index contributed by atoms with van der Waals surface area (Å²) in [5, 5.41) is 0. The molecule has 0 fully saturated rings. The van der Waals surface area contributed by atoms with Crippen molar-refractivity contribution in [2.75, 3.05) is 0 Å². The molecule has 0 aliphatic heterocycles. The zero-order chi connectivity index (χ0) is 21.8. The van der Waals surface area contributed by atoms with Gasteiger partial charge in [-0.3, -0.25) is 9.59 Å². The average Bonchev–Trinajstić information content (AvgIpc) is 3.18. The average molecular weight is 410 g/mol. The van der Waals surface area contributed by atoms with E-state index in [-0.39, 0.29) is 17.4 Å². The second kappa shape index (κ2) is 8.76. The van der Waals surface area contributed by atoms with E-state index in [1.807, 2.05) is 36.4 Å². The van der Waals surface area contributed by atoms with E-state index in [4.69, 9.17) is 4.42 Å². The molecule has 0 atom stereocenters. The van der Waals surface area contributed by atoms with Gasteiger partial charge in [0.1, 0.15) is 17.3 Å². The number of allylic oxidation sites excluding steroid dienone is 1. The van der Waals surface area contributed by atoms with Gasteiger partial charge in [0.25, 0.3) is 0 Å². The smallest absolute Gasteiger partial charge is 0.197 e. The minimum Gasteiger partial charge on any atom is -0.455 e. The maximum Gasteiger partial charge on any atom is 0.197 e. The Balaban J connectivity index is 2.03. The Morgan fingerprint density at radius 1 is 0.806 bits per heavy atom. The van der Waals surface area contributed by atoms with Crippen LogP contribution in [-0.2, 0) is 4.79 Å². The van der Waals surface area contributed by atoms with E-state index in [9.17, 15) is 14.0 Å². The molecule has 3 nitrogen and oxygen atoms in total. The predicted molar refractivity (Wildman–Crippen MR) is 119 cm³/mol. The van der Waals surface area contributed by atoms with Crippen LogP contribution >= 0.6 is 0 Å². The number of hydrogen-bond donors (Lipinski definition) is 0. The topological polar surface area (TPSA) is 47.3 Å². The van der Waals surface area contributed by atoms with E-state index in [0.29, 0.717) is 33.8 Å². The number of hydrogen-bond acceptors (Lipinski definition) is 3. The van der Waals surface area contributed by atoms with Crippen LogP contribution in [0.2, 0.25) is 0 Å². The highest BCUT2D eigenvalue weighted by Gasteiger charge is 2.27. The van der Waals surface area contributed by atoms with Crippen molar-refractivity contribution in [3.8, 4) is 22.5 Å². The summed E-state index contributed by atoms with van der Waals surface area (Å²) in [6.07, 6.45) is 2.94. The van der Waals surface area contributed by atoms with Crippen LogP contribution in [-0.4, -0.2) is 11.6 Å². The summed E-state index contributed by atoms with van der Waals surface area (Å²) in [5.41, 5.74) is 2.74. The maximum atomic E-state index is 13.6. The van der Waals surface area contributed by atoms with Crippen molar-refractivity contribution < 1.29 is 18.4 Å². The Hall–Kier alpha value is -4.05. The van der Waals surface area contributed by atoms with Crippen molar-refractivity contribution in [1.29, 1.82) is 0 Å². The zero-order valence-corrected chi connectivity index (χ0v) is 16.8. The van der Waals surface area contributed by atoms with Crippen molar-refractivity contribution in [3.63, 3.8) is 0 Å². The molecule has 0 aliphatic carbocycles. The first-order chi connectivity index (χ1) is 15.0. The molecular formula is C27H19FO3. The van der Waals surface area contributed by atoms with E-state index in [2.05, 4.69) is 0 Å². The quantitative estimate of drug-likeness (QED) is 0.266. The molecule has 0 amide bonds. The van der Waals surface area contributed by atoms with Crippen LogP contribution in [0.4, 0.5) is 4.39 Å². The molecule has 0 bridgehead atoms. The van der Waals surface area contributed by atoms with Gasteiger partial charge in [-0.25, -0.2) is 4.39 Å². The third-order valence-corrected chi connectivity index (χ3v) is 4.84. The highest BCUT2D eigenvalue weighted by atomic mass is 19.1. The summed E-state index contributed by atoms with van der Waals surface area (Å²) in [5.74, 6) is 0.00729. The van der Waals surface area contributed by atoms with Crippen molar-refractivity contribution in [3.05, 3.63) is 114 Å². The van der Waals surface area contributed by atoms with Gasteiger partial charge in [0.15, 0.2) is 11.6 Å². The molecule has 1 aromatic heterocycles. The highest BCUT2D eigenvalue weighted by molar-refractivity contribution is 6.17. The Labute approximate surface area is 179 Å². The van der Waals surface area contributed by atoms with Crippen LogP contribution in [0.3, 0.4) is 0 Å². The number of halogens is 1. The van der Waals surface area contributed by atoms with Crippen molar-refractivity contribution >= 4 is 17.6 Å². The molecule has 4 aromatic rings. The lowest BCUT2D eigenvalue weighted by Crippen LogP contribution is -2.03. The SMILES string of the molecule is CC(=O)/C=C/c1oc(-c2ccccc2)c(C(=O)c2ccccc2)c1-c1ccc(F)cc1. The molecule has 0 saturated heterocycles. The molecule has 0 aliphatic rings. The van der Waals surface area contributed by atoms with Gasteiger partial charge < -0.3 is 4.42 Å². The second-order valence-electron chi connectivity index (χ2n) is 7.06. The Morgan fingerprint density at radius 2 is 1.42 bits per heavy atom. The first kappa shape index (κ1) is 20.2. The number of furan rings is 1. The van der Waals surface area contributed by atoms with Gasteiger partial charge in [-0.1, -0.05) is 72.8 Å². The molecule has 4 heteroatoms. The van der Waals surface area contributed by atoms with E-state index >= 15 is 0 Å². The lowest BCUT2D eigenvalue weighted by molar-refractivity contribution is -0.112. The minimum atomic E-state index is -0.382. The predicted octanol–water partition coefficient (Wildman–Crippen LogP) is 6.59. The van der Waals surface area contributed by atoms with E-state index in [1.54, 1.807) is 42.5 Å². The monoisotopic (exact) mass is 410 g/mol. The Bertz CT molecular complexity index is 1250. The number of carbonyl (C=O) groups excluding carboxylic acids is 2. The summed E-state index contributed by atoms with van der Waals surface area (Å²) in [7, 11) is 0. The Kier molecular flexibility index (Phi) is 5.72.